The van der Waals surface area contributed by atoms with E-state index in [2.05, 4.69) is 0 Å². The molecule has 0 spiro atoms. The van der Waals surface area contributed by atoms with Crippen molar-refractivity contribution in [1.82, 2.24) is 9.80 Å². The zero-order valence-corrected chi connectivity index (χ0v) is 12.4. The number of likely N-dealkylation sites (N-methyl/N-ethyl adjacent to an activating group) is 2. The summed E-state index contributed by atoms with van der Waals surface area (Å²) in [6.07, 6.45) is 0.348. The van der Waals surface area contributed by atoms with E-state index in [9.17, 15) is 9.59 Å². The molecule has 0 aliphatic rings. The number of rotatable bonds is 6. The van der Waals surface area contributed by atoms with Crippen LogP contribution in [0.2, 0.25) is 0 Å². The van der Waals surface area contributed by atoms with E-state index in [0.717, 1.165) is 6.54 Å². The highest BCUT2D eigenvalue weighted by Crippen LogP contribution is 2.09. The first kappa shape index (κ1) is 16.9. The number of hydrogen-bond donors (Lipinski definition) is 0. The van der Waals surface area contributed by atoms with Gasteiger partial charge in [0, 0.05) is 26.6 Å². The number of carbonyl (C=O) groups excluding carboxylic acids is 2. The largest absolute Gasteiger partial charge is 0.460 e. The van der Waals surface area contributed by atoms with Gasteiger partial charge in [0.2, 0.25) is 5.91 Å². The molecule has 0 aromatic heterocycles. The van der Waals surface area contributed by atoms with Gasteiger partial charge in [-0.25, -0.2) is 0 Å². The zero-order valence-electron chi connectivity index (χ0n) is 12.4. The van der Waals surface area contributed by atoms with Crippen molar-refractivity contribution in [3.8, 4) is 0 Å². The fourth-order valence-corrected chi connectivity index (χ4v) is 1.27. The summed E-state index contributed by atoms with van der Waals surface area (Å²) in [5, 5.41) is 0. The van der Waals surface area contributed by atoms with Gasteiger partial charge in [0.05, 0.1) is 6.42 Å². The summed E-state index contributed by atoms with van der Waals surface area (Å²) in [5.74, 6) is -0.348. The summed E-state index contributed by atoms with van der Waals surface area (Å²) in [5.41, 5.74) is -0.489. The van der Waals surface area contributed by atoms with Crippen molar-refractivity contribution in [2.24, 2.45) is 0 Å². The van der Waals surface area contributed by atoms with E-state index in [0.29, 0.717) is 6.54 Å². The molecule has 5 nitrogen and oxygen atoms in total. The summed E-state index contributed by atoms with van der Waals surface area (Å²) >= 11 is 0. The van der Waals surface area contributed by atoms with Crippen LogP contribution in [0.15, 0.2) is 0 Å². The van der Waals surface area contributed by atoms with E-state index in [1.165, 1.54) is 0 Å². The van der Waals surface area contributed by atoms with Gasteiger partial charge in [-0.2, -0.15) is 0 Å². The van der Waals surface area contributed by atoms with E-state index in [1.54, 1.807) is 11.9 Å². The first-order valence-electron chi connectivity index (χ1n) is 6.22. The molecule has 0 heterocycles. The van der Waals surface area contributed by atoms with E-state index >= 15 is 0 Å². The Morgan fingerprint density at radius 3 is 2.00 bits per heavy atom. The van der Waals surface area contributed by atoms with Gasteiger partial charge in [0.15, 0.2) is 0 Å². The van der Waals surface area contributed by atoms with Gasteiger partial charge in [-0.05, 0) is 34.9 Å². The maximum Gasteiger partial charge on any atom is 0.306 e. The minimum atomic E-state index is -0.489. The monoisotopic (exact) mass is 258 g/mol. The van der Waals surface area contributed by atoms with Gasteiger partial charge >= 0.3 is 5.97 Å². The second kappa shape index (κ2) is 7.36. The second-order valence-corrected chi connectivity index (χ2v) is 5.71. The number of esters is 1. The maximum atomic E-state index is 11.7. The lowest BCUT2D eigenvalue weighted by Gasteiger charge is -2.21. The zero-order chi connectivity index (χ0) is 14.3. The molecule has 0 rings (SSSR count). The van der Waals surface area contributed by atoms with Crippen LogP contribution >= 0.6 is 0 Å². The number of nitrogens with zero attached hydrogens (tertiary/aromatic N) is 2. The van der Waals surface area contributed by atoms with Gasteiger partial charge < -0.3 is 14.5 Å². The molecule has 5 heteroatoms. The van der Waals surface area contributed by atoms with Crippen LogP contribution in [0.4, 0.5) is 0 Å². The van der Waals surface area contributed by atoms with Crippen LogP contribution in [-0.4, -0.2) is 61.5 Å². The van der Waals surface area contributed by atoms with E-state index in [-0.39, 0.29) is 24.7 Å². The highest BCUT2D eigenvalue weighted by molar-refractivity contribution is 5.81. The smallest absolute Gasteiger partial charge is 0.306 e. The predicted molar refractivity (Wildman–Crippen MR) is 71.3 cm³/mol. The highest BCUT2D eigenvalue weighted by Gasteiger charge is 2.18. The van der Waals surface area contributed by atoms with Crippen LogP contribution in [0.1, 0.15) is 33.6 Å². The minimum Gasteiger partial charge on any atom is -0.460 e. The van der Waals surface area contributed by atoms with Crippen molar-refractivity contribution < 1.29 is 14.3 Å². The molecule has 1 amide bonds. The Kier molecular flexibility index (Phi) is 6.91. The fraction of sp³-hybridized carbons (Fsp3) is 0.846. The van der Waals surface area contributed by atoms with Crippen molar-refractivity contribution in [3.63, 3.8) is 0 Å². The summed E-state index contributed by atoms with van der Waals surface area (Å²) in [4.78, 5) is 26.8. The van der Waals surface area contributed by atoms with Crippen molar-refractivity contribution in [2.75, 3.05) is 34.2 Å². The lowest BCUT2D eigenvalue weighted by Crippen LogP contribution is -2.34. The van der Waals surface area contributed by atoms with Crippen molar-refractivity contribution in [2.45, 2.75) is 39.2 Å². The standard InChI is InChI=1S/C13H26N2O3/c1-13(2,3)18-12(17)8-7-11(16)15(6)10-9-14(4)5/h7-10H2,1-6H3. The van der Waals surface area contributed by atoms with Gasteiger partial charge in [0.25, 0.3) is 0 Å². The maximum absolute atomic E-state index is 11.7. The average molecular weight is 258 g/mol. The summed E-state index contributed by atoms with van der Waals surface area (Å²) < 4.78 is 5.15. The van der Waals surface area contributed by atoms with Crippen LogP contribution in [0.3, 0.4) is 0 Å². The Balaban J connectivity index is 3.92. The molecule has 0 saturated carbocycles. The highest BCUT2D eigenvalue weighted by atomic mass is 16.6. The van der Waals surface area contributed by atoms with Crippen molar-refractivity contribution >= 4 is 11.9 Å². The molecule has 0 aliphatic heterocycles. The Morgan fingerprint density at radius 1 is 1.00 bits per heavy atom. The average Bonchev–Trinajstić information content (AvgIpc) is 2.19. The summed E-state index contributed by atoms with van der Waals surface area (Å²) in [6.45, 7) is 6.93. The quantitative estimate of drug-likeness (QED) is 0.670. The Hall–Kier alpha value is -1.10. The molecule has 0 aromatic carbocycles. The number of hydrogen-bond acceptors (Lipinski definition) is 4. The summed E-state index contributed by atoms with van der Waals surface area (Å²) in [6, 6.07) is 0. The lowest BCUT2D eigenvalue weighted by molar-refractivity contribution is -0.156. The van der Waals surface area contributed by atoms with Gasteiger partial charge in [0.1, 0.15) is 5.60 Å². The molecular weight excluding hydrogens is 232 g/mol. The van der Waals surface area contributed by atoms with Crippen molar-refractivity contribution in [3.05, 3.63) is 0 Å². The first-order valence-corrected chi connectivity index (χ1v) is 6.22. The molecule has 0 bridgehead atoms. The van der Waals surface area contributed by atoms with Crippen LogP contribution in [0.5, 0.6) is 0 Å². The molecule has 0 N–H and O–H groups in total. The van der Waals surface area contributed by atoms with Gasteiger partial charge in [-0.1, -0.05) is 0 Å². The SMILES string of the molecule is CN(C)CCN(C)C(=O)CCC(=O)OC(C)(C)C. The van der Waals surface area contributed by atoms with Crippen molar-refractivity contribution in [1.29, 1.82) is 0 Å². The van der Waals surface area contributed by atoms with E-state index in [1.807, 2.05) is 39.8 Å². The molecule has 0 aromatic rings. The Morgan fingerprint density at radius 2 is 1.56 bits per heavy atom. The number of carbonyl (C=O) groups is 2. The molecule has 0 unspecified atom stereocenters. The third-order valence-corrected chi connectivity index (χ3v) is 2.27. The number of ether oxygens (including phenoxy) is 1. The normalized spacial score (nSPS) is 11.5. The fourth-order valence-electron chi connectivity index (χ4n) is 1.27. The lowest BCUT2D eigenvalue weighted by atomic mass is 10.2. The molecular formula is C13H26N2O3. The van der Waals surface area contributed by atoms with Crippen LogP contribution in [-0.2, 0) is 14.3 Å². The predicted octanol–water partition coefficient (Wildman–Crippen LogP) is 1.13. The Bertz CT molecular complexity index is 282. The third kappa shape index (κ3) is 8.98. The van der Waals surface area contributed by atoms with Gasteiger partial charge in [-0.3, -0.25) is 9.59 Å². The molecule has 0 fully saturated rings. The van der Waals surface area contributed by atoms with E-state index in [4.69, 9.17) is 4.74 Å². The van der Waals surface area contributed by atoms with Crippen LogP contribution in [0, 0.1) is 0 Å². The summed E-state index contributed by atoms with van der Waals surface area (Å²) in [7, 11) is 5.67. The molecule has 18 heavy (non-hydrogen) atoms. The minimum absolute atomic E-state index is 0.0253. The van der Waals surface area contributed by atoms with Crippen LogP contribution < -0.4 is 0 Å². The number of amides is 1. The van der Waals surface area contributed by atoms with Crippen LogP contribution in [0.25, 0.3) is 0 Å². The molecule has 0 aliphatic carbocycles. The topological polar surface area (TPSA) is 49.9 Å². The molecule has 0 atom stereocenters. The first-order chi connectivity index (χ1) is 8.11. The third-order valence-electron chi connectivity index (χ3n) is 2.27. The van der Waals surface area contributed by atoms with Gasteiger partial charge in [-0.15, -0.1) is 0 Å². The molecule has 0 radical (unpaired) electrons. The Labute approximate surface area is 110 Å². The molecule has 106 valence electrons. The van der Waals surface area contributed by atoms with E-state index < -0.39 is 5.60 Å². The second-order valence-electron chi connectivity index (χ2n) is 5.71. The molecule has 0 saturated heterocycles.